The minimum atomic E-state index is 0.781. The van der Waals surface area contributed by atoms with Crippen LogP contribution in [0.1, 0.15) is 26.7 Å². The van der Waals surface area contributed by atoms with E-state index in [0.717, 1.165) is 84.5 Å². The van der Waals surface area contributed by atoms with Gasteiger partial charge in [0.25, 0.3) is 0 Å². The lowest BCUT2D eigenvalue weighted by Gasteiger charge is -2.26. The first kappa shape index (κ1) is 18.2. The molecule has 0 aromatic rings. The molecule has 0 radical (unpaired) electrons. The predicted molar refractivity (Wildman–Crippen MR) is 87.0 cm³/mol. The van der Waals surface area contributed by atoms with Crippen LogP contribution in [0, 0.1) is 0 Å². The van der Waals surface area contributed by atoms with Crippen LogP contribution in [0.15, 0.2) is 4.99 Å². The summed E-state index contributed by atoms with van der Waals surface area (Å²) >= 11 is 0. The third-order valence-electron chi connectivity index (χ3n) is 3.31. The van der Waals surface area contributed by atoms with Crippen LogP contribution in [-0.4, -0.2) is 76.6 Å². The molecule has 6 nitrogen and oxygen atoms in total. The molecule has 1 rings (SSSR count). The van der Waals surface area contributed by atoms with E-state index >= 15 is 0 Å². The molecule has 0 spiro atoms. The summed E-state index contributed by atoms with van der Waals surface area (Å²) in [6.45, 7) is 13.3. The van der Waals surface area contributed by atoms with Gasteiger partial charge in [-0.25, -0.2) is 0 Å². The number of hydrogen-bond acceptors (Lipinski definition) is 4. The average Bonchev–Trinajstić information content (AvgIpc) is 2.52. The van der Waals surface area contributed by atoms with Crippen molar-refractivity contribution in [3.63, 3.8) is 0 Å². The average molecular weight is 300 g/mol. The lowest BCUT2D eigenvalue weighted by molar-refractivity contribution is 0.0376. The third-order valence-corrected chi connectivity index (χ3v) is 3.31. The molecule has 0 aromatic carbocycles. The maximum absolute atomic E-state index is 5.35. The lowest BCUT2D eigenvalue weighted by Crippen LogP contribution is -2.40. The second-order valence-electron chi connectivity index (χ2n) is 5.05. The summed E-state index contributed by atoms with van der Waals surface area (Å²) in [5.41, 5.74) is 0. The van der Waals surface area contributed by atoms with Gasteiger partial charge in [-0.3, -0.25) is 9.89 Å². The second-order valence-corrected chi connectivity index (χ2v) is 5.05. The zero-order valence-electron chi connectivity index (χ0n) is 13.7. The Morgan fingerprint density at radius 2 is 2.00 bits per heavy atom. The third kappa shape index (κ3) is 9.66. The SMILES string of the molecule is CCNC(=NCCCOCC)NCCCN1CCOCC1. The fraction of sp³-hybridized carbons (Fsp3) is 0.933. The first-order chi connectivity index (χ1) is 10.4. The highest BCUT2D eigenvalue weighted by atomic mass is 16.5. The second kappa shape index (κ2) is 12.9. The van der Waals surface area contributed by atoms with Crippen LogP contribution >= 0.6 is 0 Å². The highest BCUT2D eigenvalue weighted by Crippen LogP contribution is 1.97. The summed E-state index contributed by atoms with van der Waals surface area (Å²) in [4.78, 5) is 7.01. The van der Waals surface area contributed by atoms with E-state index in [2.05, 4.69) is 27.4 Å². The molecule has 0 bridgehead atoms. The van der Waals surface area contributed by atoms with Crippen molar-refractivity contribution in [2.75, 3.05) is 65.7 Å². The normalized spacial score (nSPS) is 17.0. The molecule has 6 heteroatoms. The number of morpholine rings is 1. The molecule has 124 valence electrons. The number of nitrogens with one attached hydrogen (secondary N) is 2. The van der Waals surface area contributed by atoms with Gasteiger partial charge in [-0.05, 0) is 33.2 Å². The van der Waals surface area contributed by atoms with Gasteiger partial charge in [0.15, 0.2) is 5.96 Å². The van der Waals surface area contributed by atoms with E-state index in [-0.39, 0.29) is 0 Å². The van der Waals surface area contributed by atoms with Crippen LogP contribution in [0.3, 0.4) is 0 Å². The molecule has 1 fully saturated rings. The molecule has 0 atom stereocenters. The fourth-order valence-electron chi connectivity index (χ4n) is 2.18. The summed E-state index contributed by atoms with van der Waals surface area (Å²) in [7, 11) is 0. The standard InChI is InChI=1S/C15H32N4O2/c1-3-16-15(18-8-6-12-20-4-2)17-7-5-9-19-10-13-21-14-11-19/h3-14H2,1-2H3,(H2,16,17,18). The molecule has 0 aliphatic carbocycles. The van der Waals surface area contributed by atoms with Crippen LogP contribution in [-0.2, 0) is 9.47 Å². The van der Waals surface area contributed by atoms with Crippen LogP contribution in [0.4, 0.5) is 0 Å². The Kier molecular flexibility index (Phi) is 11.1. The van der Waals surface area contributed by atoms with Crippen LogP contribution in [0.25, 0.3) is 0 Å². The highest BCUT2D eigenvalue weighted by Gasteiger charge is 2.09. The largest absolute Gasteiger partial charge is 0.382 e. The molecule has 1 aliphatic heterocycles. The topological polar surface area (TPSA) is 58.1 Å². The summed E-state index contributed by atoms with van der Waals surface area (Å²) in [6.07, 6.45) is 2.10. The van der Waals surface area contributed by atoms with Crippen LogP contribution in [0.5, 0.6) is 0 Å². The van der Waals surface area contributed by atoms with Crippen molar-refractivity contribution in [3.05, 3.63) is 0 Å². The molecule has 21 heavy (non-hydrogen) atoms. The van der Waals surface area contributed by atoms with E-state index < -0.39 is 0 Å². The number of aliphatic imine (C=N–C) groups is 1. The molecule has 0 aromatic heterocycles. The molecule has 0 unspecified atom stereocenters. The van der Waals surface area contributed by atoms with Crippen molar-refractivity contribution < 1.29 is 9.47 Å². The Labute approximate surface area is 129 Å². The van der Waals surface area contributed by atoms with Crippen molar-refractivity contribution >= 4 is 5.96 Å². The van der Waals surface area contributed by atoms with E-state index in [1.165, 1.54) is 0 Å². The van der Waals surface area contributed by atoms with Crippen LogP contribution in [0.2, 0.25) is 0 Å². The zero-order valence-corrected chi connectivity index (χ0v) is 13.7. The van der Waals surface area contributed by atoms with E-state index in [9.17, 15) is 0 Å². The summed E-state index contributed by atoms with van der Waals surface area (Å²) in [5.74, 6) is 0.913. The lowest BCUT2D eigenvalue weighted by atomic mass is 10.3. The molecule has 1 heterocycles. The van der Waals surface area contributed by atoms with Gasteiger partial charge < -0.3 is 20.1 Å². The molecule has 0 saturated carbocycles. The molecule has 1 saturated heterocycles. The van der Waals surface area contributed by atoms with Gasteiger partial charge in [-0.1, -0.05) is 0 Å². The van der Waals surface area contributed by atoms with E-state index in [4.69, 9.17) is 9.47 Å². The van der Waals surface area contributed by atoms with Crippen molar-refractivity contribution in [2.45, 2.75) is 26.7 Å². The monoisotopic (exact) mass is 300 g/mol. The van der Waals surface area contributed by atoms with E-state index in [0.29, 0.717) is 0 Å². The van der Waals surface area contributed by atoms with Gasteiger partial charge in [0.1, 0.15) is 0 Å². The Bertz CT molecular complexity index is 268. The number of ether oxygens (including phenoxy) is 2. The van der Waals surface area contributed by atoms with Gasteiger partial charge >= 0.3 is 0 Å². The smallest absolute Gasteiger partial charge is 0.191 e. The Morgan fingerprint density at radius 3 is 2.71 bits per heavy atom. The van der Waals surface area contributed by atoms with Gasteiger partial charge in [0.2, 0.25) is 0 Å². The van der Waals surface area contributed by atoms with E-state index in [1.807, 2.05) is 6.92 Å². The number of hydrogen-bond donors (Lipinski definition) is 2. The Morgan fingerprint density at radius 1 is 1.19 bits per heavy atom. The van der Waals surface area contributed by atoms with E-state index in [1.54, 1.807) is 0 Å². The summed E-state index contributed by atoms with van der Waals surface area (Å²) in [6, 6.07) is 0. The quantitative estimate of drug-likeness (QED) is 0.353. The number of nitrogens with zero attached hydrogens (tertiary/aromatic N) is 2. The maximum atomic E-state index is 5.35. The molecule has 2 N–H and O–H groups in total. The van der Waals surface area contributed by atoms with Gasteiger partial charge in [-0.15, -0.1) is 0 Å². The first-order valence-electron chi connectivity index (χ1n) is 8.26. The summed E-state index contributed by atoms with van der Waals surface area (Å²) in [5, 5.41) is 6.67. The fourth-order valence-corrected chi connectivity index (χ4v) is 2.18. The highest BCUT2D eigenvalue weighted by molar-refractivity contribution is 5.79. The van der Waals surface area contributed by atoms with Crippen LogP contribution < -0.4 is 10.6 Å². The molecule has 0 amide bonds. The van der Waals surface area contributed by atoms with Gasteiger partial charge in [0, 0.05) is 45.9 Å². The van der Waals surface area contributed by atoms with Crippen molar-refractivity contribution in [1.29, 1.82) is 0 Å². The predicted octanol–water partition coefficient (Wildman–Crippen LogP) is 0.690. The van der Waals surface area contributed by atoms with Crippen molar-refractivity contribution in [2.24, 2.45) is 4.99 Å². The Hall–Kier alpha value is -0.850. The summed E-state index contributed by atoms with van der Waals surface area (Å²) < 4.78 is 10.7. The number of guanidine groups is 1. The maximum Gasteiger partial charge on any atom is 0.191 e. The van der Waals surface area contributed by atoms with Crippen molar-refractivity contribution in [1.82, 2.24) is 15.5 Å². The van der Waals surface area contributed by atoms with Crippen molar-refractivity contribution in [3.8, 4) is 0 Å². The molecular weight excluding hydrogens is 268 g/mol. The van der Waals surface area contributed by atoms with Gasteiger partial charge in [-0.2, -0.15) is 0 Å². The Balaban J connectivity index is 2.09. The molecular formula is C15H32N4O2. The minimum Gasteiger partial charge on any atom is -0.382 e. The minimum absolute atomic E-state index is 0.781. The number of rotatable bonds is 10. The first-order valence-corrected chi connectivity index (χ1v) is 8.26. The molecule has 1 aliphatic rings. The van der Waals surface area contributed by atoms with Gasteiger partial charge in [0.05, 0.1) is 13.2 Å². The zero-order chi connectivity index (χ0) is 15.2.